The zero-order valence-corrected chi connectivity index (χ0v) is 25.4. The van der Waals surface area contributed by atoms with E-state index in [1.165, 1.54) is 29.2 Å². The van der Waals surface area contributed by atoms with Gasteiger partial charge in [-0.05, 0) is 74.1 Å². The number of benzene rings is 3. The van der Waals surface area contributed by atoms with E-state index in [1.807, 2.05) is 32.9 Å². The van der Waals surface area contributed by atoms with E-state index in [0.29, 0.717) is 24.1 Å². The van der Waals surface area contributed by atoms with Gasteiger partial charge in [0.2, 0.25) is 11.8 Å². The van der Waals surface area contributed by atoms with E-state index in [9.17, 15) is 22.4 Å². The van der Waals surface area contributed by atoms with Gasteiger partial charge in [-0.15, -0.1) is 0 Å². The molecule has 0 heterocycles. The van der Waals surface area contributed by atoms with Crippen molar-refractivity contribution in [1.82, 2.24) is 10.2 Å². The molecule has 9 heteroatoms. The second-order valence-electron chi connectivity index (χ2n) is 10.9. The Morgan fingerprint density at radius 3 is 2.21 bits per heavy atom. The molecular weight excluding hydrogens is 553 g/mol. The number of carbonyl (C=O) groups is 2. The number of amides is 2. The Hall–Kier alpha value is -3.72. The Morgan fingerprint density at radius 2 is 1.60 bits per heavy atom. The van der Waals surface area contributed by atoms with Crippen molar-refractivity contribution in [2.45, 2.75) is 82.8 Å². The number of hydrogen-bond acceptors (Lipinski definition) is 4. The van der Waals surface area contributed by atoms with Crippen LogP contribution in [0.3, 0.4) is 0 Å². The van der Waals surface area contributed by atoms with E-state index < -0.39 is 34.3 Å². The van der Waals surface area contributed by atoms with Crippen molar-refractivity contribution in [2.75, 3.05) is 10.8 Å². The number of nitrogens with zero attached hydrogens (tertiary/aromatic N) is 2. The van der Waals surface area contributed by atoms with E-state index >= 15 is 0 Å². The fourth-order valence-electron chi connectivity index (χ4n) is 5.48. The number of aryl methyl sites for hydroxylation is 2. The average molecular weight is 594 g/mol. The van der Waals surface area contributed by atoms with Crippen molar-refractivity contribution in [3.8, 4) is 0 Å². The summed E-state index contributed by atoms with van der Waals surface area (Å²) in [5.74, 6) is -1.19. The van der Waals surface area contributed by atoms with Crippen LogP contribution >= 0.6 is 0 Å². The van der Waals surface area contributed by atoms with Gasteiger partial charge in [0.05, 0.1) is 10.6 Å². The highest BCUT2D eigenvalue weighted by molar-refractivity contribution is 7.92. The van der Waals surface area contributed by atoms with E-state index in [2.05, 4.69) is 5.32 Å². The SMILES string of the molecule is CCc1ccccc1N(CC(=O)N(Cc1ccc(F)cc1)C(CC)C(=O)NC1CCCC1)S(=O)(=O)c1ccc(C)cc1. The molecule has 224 valence electrons. The van der Waals surface area contributed by atoms with Gasteiger partial charge in [-0.1, -0.05) is 74.7 Å². The van der Waals surface area contributed by atoms with Gasteiger partial charge < -0.3 is 10.2 Å². The minimum Gasteiger partial charge on any atom is -0.352 e. The Labute approximate surface area is 248 Å². The predicted molar refractivity (Wildman–Crippen MR) is 163 cm³/mol. The molecule has 0 bridgehead atoms. The summed E-state index contributed by atoms with van der Waals surface area (Å²) in [6.07, 6.45) is 4.77. The highest BCUT2D eigenvalue weighted by Gasteiger charge is 2.35. The third kappa shape index (κ3) is 7.37. The van der Waals surface area contributed by atoms with Crippen molar-refractivity contribution < 1.29 is 22.4 Å². The van der Waals surface area contributed by atoms with Gasteiger partial charge in [-0.3, -0.25) is 13.9 Å². The Balaban J connectivity index is 1.74. The zero-order valence-electron chi connectivity index (χ0n) is 24.6. The Kier molecular flexibility index (Phi) is 10.4. The van der Waals surface area contributed by atoms with Gasteiger partial charge in [0.25, 0.3) is 10.0 Å². The molecule has 0 spiro atoms. The standard InChI is InChI=1S/C33H40FN3O4S/c1-4-26-10-6-9-13-31(26)37(42(40,41)29-20-14-24(3)15-21-29)23-32(38)36(22-25-16-18-27(34)19-17-25)30(5-2)33(39)35-28-11-7-8-12-28/h6,9-10,13-21,28,30H,4-5,7-8,11-12,22-23H2,1-3H3,(H,35,39). The molecule has 0 aromatic heterocycles. The summed E-state index contributed by atoms with van der Waals surface area (Å²) < 4.78 is 43.1. The van der Waals surface area contributed by atoms with Crippen LogP contribution in [0.2, 0.25) is 0 Å². The average Bonchev–Trinajstić information content (AvgIpc) is 3.50. The van der Waals surface area contributed by atoms with E-state index in [1.54, 1.807) is 36.4 Å². The molecule has 1 aliphatic carbocycles. The number of carbonyl (C=O) groups excluding carboxylic acids is 2. The molecule has 3 aromatic rings. The number of halogens is 1. The van der Waals surface area contributed by atoms with Crippen LogP contribution in [0.1, 0.15) is 62.6 Å². The minimum atomic E-state index is -4.15. The first-order chi connectivity index (χ1) is 20.1. The minimum absolute atomic E-state index is 0.0313. The summed E-state index contributed by atoms with van der Waals surface area (Å²) in [7, 11) is -4.15. The Morgan fingerprint density at radius 1 is 0.952 bits per heavy atom. The van der Waals surface area contributed by atoms with Gasteiger partial charge in [0.15, 0.2) is 0 Å². The fourth-order valence-corrected chi connectivity index (χ4v) is 6.93. The lowest BCUT2D eigenvalue weighted by Crippen LogP contribution is -2.53. The van der Waals surface area contributed by atoms with Crippen LogP contribution in [0.5, 0.6) is 0 Å². The van der Waals surface area contributed by atoms with E-state index in [-0.39, 0.29) is 23.4 Å². The van der Waals surface area contributed by atoms with Gasteiger partial charge in [0.1, 0.15) is 18.4 Å². The number of hydrogen-bond donors (Lipinski definition) is 1. The third-order valence-electron chi connectivity index (χ3n) is 7.88. The van der Waals surface area contributed by atoms with Crippen molar-refractivity contribution in [3.05, 3.63) is 95.3 Å². The Bertz CT molecular complexity index is 1470. The third-order valence-corrected chi connectivity index (χ3v) is 9.66. The maximum atomic E-state index is 14.2. The normalized spacial score (nSPS) is 14.4. The predicted octanol–water partition coefficient (Wildman–Crippen LogP) is 5.76. The number of para-hydroxylation sites is 1. The molecule has 0 saturated heterocycles. The van der Waals surface area contributed by atoms with Crippen LogP contribution < -0.4 is 9.62 Å². The van der Waals surface area contributed by atoms with Crippen molar-refractivity contribution >= 4 is 27.5 Å². The van der Waals surface area contributed by atoms with Crippen molar-refractivity contribution in [3.63, 3.8) is 0 Å². The summed E-state index contributed by atoms with van der Waals surface area (Å²) in [6, 6.07) is 18.6. The maximum Gasteiger partial charge on any atom is 0.264 e. The molecule has 1 fully saturated rings. The zero-order chi connectivity index (χ0) is 30.3. The highest BCUT2D eigenvalue weighted by Crippen LogP contribution is 2.29. The first kappa shape index (κ1) is 31.2. The van der Waals surface area contributed by atoms with Gasteiger partial charge in [0, 0.05) is 12.6 Å². The lowest BCUT2D eigenvalue weighted by Gasteiger charge is -2.34. The van der Waals surface area contributed by atoms with Crippen LogP contribution in [0.25, 0.3) is 0 Å². The fraction of sp³-hybridized carbons (Fsp3) is 0.394. The van der Waals surface area contributed by atoms with Gasteiger partial charge in [-0.25, -0.2) is 12.8 Å². The number of anilines is 1. The van der Waals surface area contributed by atoms with Crippen molar-refractivity contribution in [2.24, 2.45) is 0 Å². The molecular formula is C33H40FN3O4S. The highest BCUT2D eigenvalue weighted by atomic mass is 32.2. The molecule has 1 unspecified atom stereocenters. The lowest BCUT2D eigenvalue weighted by atomic mass is 10.1. The molecule has 0 radical (unpaired) electrons. The first-order valence-corrected chi connectivity index (χ1v) is 16.1. The second-order valence-corrected chi connectivity index (χ2v) is 12.7. The summed E-state index contributed by atoms with van der Waals surface area (Å²) in [6.45, 7) is 5.17. The summed E-state index contributed by atoms with van der Waals surface area (Å²) >= 11 is 0. The van der Waals surface area contributed by atoms with Crippen LogP contribution in [-0.4, -0.2) is 43.8 Å². The van der Waals surface area contributed by atoms with E-state index in [0.717, 1.165) is 41.1 Å². The van der Waals surface area contributed by atoms with Crippen LogP contribution in [0.4, 0.5) is 10.1 Å². The monoisotopic (exact) mass is 593 g/mol. The summed E-state index contributed by atoms with van der Waals surface area (Å²) in [4.78, 5) is 29.3. The molecule has 1 N–H and O–H groups in total. The molecule has 2 amide bonds. The summed E-state index contributed by atoms with van der Waals surface area (Å²) in [5.41, 5.74) is 2.74. The number of nitrogens with one attached hydrogen (secondary N) is 1. The van der Waals surface area contributed by atoms with Crippen LogP contribution in [-0.2, 0) is 32.6 Å². The quantitative estimate of drug-likeness (QED) is 0.289. The van der Waals surface area contributed by atoms with Gasteiger partial charge in [-0.2, -0.15) is 0 Å². The van der Waals surface area contributed by atoms with Crippen LogP contribution in [0, 0.1) is 12.7 Å². The lowest BCUT2D eigenvalue weighted by molar-refractivity contribution is -0.140. The van der Waals surface area contributed by atoms with E-state index in [4.69, 9.17) is 0 Å². The van der Waals surface area contributed by atoms with Crippen molar-refractivity contribution in [1.29, 1.82) is 0 Å². The topological polar surface area (TPSA) is 86.8 Å². The molecule has 42 heavy (non-hydrogen) atoms. The molecule has 1 atom stereocenters. The molecule has 0 aliphatic heterocycles. The molecule has 3 aromatic carbocycles. The first-order valence-electron chi connectivity index (χ1n) is 14.7. The second kappa shape index (κ2) is 14.0. The number of sulfonamides is 1. The largest absolute Gasteiger partial charge is 0.352 e. The summed E-state index contributed by atoms with van der Waals surface area (Å²) in [5, 5.41) is 3.10. The molecule has 7 nitrogen and oxygen atoms in total. The number of rotatable bonds is 12. The smallest absolute Gasteiger partial charge is 0.264 e. The molecule has 4 rings (SSSR count). The molecule has 1 aliphatic rings. The molecule has 1 saturated carbocycles. The maximum absolute atomic E-state index is 14.2. The van der Waals surface area contributed by atoms with Gasteiger partial charge >= 0.3 is 0 Å². The van der Waals surface area contributed by atoms with Crippen LogP contribution in [0.15, 0.2) is 77.7 Å².